The number of likely N-dealkylation sites (tertiary alicyclic amines) is 1. The second-order valence-electron chi connectivity index (χ2n) is 4.09. The van der Waals surface area contributed by atoms with Gasteiger partial charge in [0.25, 0.3) is 5.91 Å². The smallest absolute Gasteiger partial charge is 0.278 e. The van der Waals surface area contributed by atoms with E-state index < -0.39 is 0 Å². The fourth-order valence-electron chi connectivity index (χ4n) is 2.03. The summed E-state index contributed by atoms with van der Waals surface area (Å²) in [6.45, 7) is 2.02. The molecule has 2 heterocycles. The lowest BCUT2D eigenvalue weighted by Crippen LogP contribution is -2.38. The Morgan fingerprint density at radius 3 is 2.94 bits per heavy atom. The number of aliphatic hydroxyl groups is 1. The SMILES string of the molecule is CO[C@@H]1C[C@@H](CO)N(C(=O)c2nonc2C)C1. The van der Waals surface area contributed by atoms with Gasteiger partial charge in [-0.2, -0.15) is 0 Å². The first kappa shape index (κ1) is 12.0. The van der Waals surface area contributed by atoms with Crippen LogP contribution in [0.5, 0.6) is 0 Å². The maximum atomic E-state index is 12.2. The fraction of sp³-hybridized carbons (Fsp3) is 0.700. The summed E-state index contributed by atoms with van der Waals surface area (Å²) in [4.78, 5) is 13.7. The average molecular weight is 241 g/mol. The standard InChI is InChI=1S/C10H15N3O4/c1-6-9(12-17-11-6)10(15)13-4-8(16-2)3-7(13)5-14/h7-8,14H,3-5H2,1-2H3/t7-,8+/m0/s1. The first-order valence-electron chi connectivity index (χ1n) is 5.41. The van der Waals surface area contributed by atoms with Crippen molar-refractivity contribution in [1.29, 1.82) is 0 Å². The monoisotopic (exact) mass is 241 g/mol. The molecular formula is C10H15N3O4. The number of aryl methyl sites for hydroxylation is 1. The number of nitrogens with zero attached hydrogens (tertiary/aromatic N) is 3. The summed E-state index contributed by atoms with van der Waals surface area (Å²) in [7, 11) is 1.59. The molecule has 1 aliphatic heterocycles. The minimum absolute atomic E-state index is 0.0451. The molecule has 0 aliphatic carbocycles. The topological polar surface area (TPSA) is 88.7 Å². The second-order valence-corrected chi connectivity index (χ2v) is 4.09. The van der Waals surface area contributed by atoms with Crippen molar-refractivity contribution in [2.75, 3.05) is 20.3 Å². The molecule has 0 saturated carbocycles. The predicted octanol–water partition coefficient (Wildman–Crippen LogP) is -0.400. The number of methoxy groups -OCH3 is 1. The number of hydrogen-bond acceptors (Lipinski definition) is 6. The number of hydrogen-bond donors (Lipinski definition) is 1. The molecule has 0 aromatic carbocycles. The van der Waals surface area contributed by atoms with Gasteiger partial charge < -0.3 is 14.7 Å². The van der Waals surface area contributed by atoms with E-state index in [-0.39, 0.29) is 30.4 Å². The van der Waals surface area contributed by atoms with E-state index in [0.29, 0.717) is 18.7 Å². The predicted molar refractivity (Wildman–Crippen MR) is 56.4 cm³/mol. The summed E-state index contributed by atoms with van der Waals surface area (Å²) in [5.41, 5.74) is 0.646. The van der Waals surface area contributed by atoms with Gasteiger partial charge in [-0.05, 0) is 18.5 Å². The lowest BCUT2D eigenvalue weighted by atomic mass is 10.2. The number of rotatable bonds is 3. The molecule has 1 fully saturated rings. The molecule has 0 radical (unpaired) electrons. The van der Waals surface area contributed by atoms with Crippen LogP contribution in [-0.4, -0.2) is 58.6 Å². The maximum Gasteiger partial charge on any atom is 0.278 e. The van der Waals surface area contributed by atoms with Crippen molar-refractivity contribution in [1.82, 2.24) is 15.2 Å². The van der Waals surface area contributed by atoms with E-state index in [1.165, 1.54) is 0 Å². The van der Waals surface area contributed by atoms with Gasteiger partial charge in [0.15, 0.2) is 5.69 Å². The largest absolute Gasteiger partial charge is 0.394 e. The van der Waals surface area contributed by atoms with Crippen molar-refractivity contribution in [2.45, 2.75) is 25.5 Å². The molecule has 2 rings (SSSR count). The van der Waals surface area contributed by atoms with E-state index in [9.17, 15) is 9.90 Å². The first-order valence-corrected chi connectivity index (χ1v) is 5.41. The molecule has 1 aliphatic rings. The van der Waals surface area contributed by atoms with Gasteiger partial charge in [0.2, 0.25) is 0 Å². The van der Waals surface area contributed by atoms with Crippen LogP contribution < -0.4 is 0 Å². The number of carbonyl (C=O) groups is 1. The minimum Gasteiger partial charge on any atom is -0.394 e. The molecule has 1 saturated heterocycles. The van der Waals surface area contributed by atoms with Crippen molar-refractivity contribution in [3.8, 4) is 0 Å². The van der Waals surface area contributed by atoms with Gasteiger partial charge in [-0.25, -0.2) is 4.63 Å². The Balaban J connectivity index is 2.16. The van der Waals surface area contributed by atoms with Crippen molar-refractivity contribution in [3.05, 3.63) is 11.4 Å². The van der Waals surface area contributed by atoms with Gasteiger partial charge in [-0.15, -0.1) is 0 Å². The van der Waals surface area contributed by atoms with E-state index in [4.69, 9.17) is 4.74 Å². The van der Waals surface area contributed by atoms with Crippen LogP contribution in [0.1, 0.15) is 22.6 Å². The van der Waals surface area contributed by atoms with Gasteiger partial charge in [0.1, 0.15) is 5.69 Å². The van der Waals surface area contributed by atoms with Gasteiger partial charge in [0, 0.05) is 13.7 Å². The molecule has 94 valence electrons. The summed E-state index contributed by atoms with van der Waals surface area (Å²) in [6, 6.07) is -0.233. The zero-order chi connectivity index (χ0) is 12.4. The molecule has 7 nitrogen and oxygen atoms in total. The Kier molecular flexibility index (Phi) is 3.39. The highest BCUT2D eigenvalue weighted by molar-refractivity contribution is 5.93. The normalized spacial score (nSPS) is 24.3. The van der Waals surface area contributed by atoms with Gasteiger partial charge in [0.05, 0.1) is 18.8 Å². The molecule has 1 N–H and O–H groups in total. The number of ether oxygens (including phenoxy) is 1. The fourth-order valence-corrected chi connectivity index (χ4v) is 2.03. The van der Waals surface area contributed by atoms with Crippen LogP contribution in [0, 0.1) is 6.92 Å². The van der Waals surface area contributed by atoms with Crippen LogP contribution in [0.15, 0.2) is 4.63 Å². The van der Waals surface area contributed by atoms with Crippen LogP contribution in [-0.2, 0) is 4.74 Å². The zero-order valence-electron chi connectivity index (χ0n) is 9.79. The van der Waals surface area contributed by atoms with Crippen molar-refractivity contribution in [3.63, 3.8) is 0 Å². The Labute approximate surface area is 98.3 Å². The van der Waals surface area contributed by atoms with E-state index in [2.05, 4.69) is 14.9 Å². The zero-order valence-corrected chi connectivity index (χ0v) is 9.79. The third-order valence-corrected chi connectivity index (χ3v) is 3.04. The lowest BCUT2D eigenvalue weighted by molar-refractivity contribution is 0.0636. The minimum atomic E-state index is -0.276. The summed E-state index contributed by atoms with van der Waals surface area (Å²) in [5.74, 6) is -0.276. The molecule has 1 aromatic heterocycles. The summed E-state index contributed by atoms with van der Waals surface area (Å²) >= 11 is 0. The summed E-state index contributed by atoms with van der Waals surface area (Å²) < 4.78 is 9.71. The van der Waals surface area contributed by atoms with Gasteiger partial charge in [-0.3, -0.25) is 4.79 Å². The van der Waals surface area contributed by atoms with E-state index in [1.54, 1.807) is 18.9 Å². The molecule has 0 bridgehead atoms. The number of carbonyl (C=O) groups excluding carboxylic acids is 1. The molecule has 1 aromatic rings. The quantitative estimate of drug-likeness (QED) is 0.774. The van der Waals surface area contributed by atoms with Crippen LogP contribution in [0.25, 0.3) is 0 Å². The molecule has 0 spiro atoms. The van der Waals surface area contributed by atoms with Crippen LogP contribution >= 0.6 is 0 Å². The molecule has 2 atom stereocenters. The molecule has 0 unspecified atom stereocenters. The maximum absolute atomic E-state index is 12.2. The molecule has 7 heteroatoms. The van der Waals surface area contributed by atoms with Crippen molar-refractivity contribution >= 4 is 5.91 Å². The Morgan fingerprint density at radius 1 is 1.65 bits per heavy atom. The molecule has 1 amide bonds. The lowest BCUT2D eigenvalue weighted by Gasteiger charge is -2.21. The third kappa shape index (κ3) is 2.16. The summed E-state index contributed by atoms with van der Waals surface area (Å²) in [5, 5.41) is 16.4. The van der Waals surface area contributed by atoms with Crippen LogP contribution in [0.2, 0.25) is 0 Å². The third-order valence-electron chi connectivity index (χ3n) is 3.04. The Bertz CT molecular complexity index is 406. The van der Waals surface area contributed by atoms with E-state index in [0.717, 1.165) is 0 Å². The van der Waals surface area contributed by atoms with E-state index in [1.807, 2.05) is 0 Å². The van der Waals surface area contributed by atoms with Crippen molar-refractivity contribution in [2.24, 2.45) is 0 Å². The highest BCUT2D eigenvalue weighted by Gasteiger charge is 2.37. The van der Waals surface area contributed by atoms with Gasteiger partial charge in [-0.1, -0.05) is 5.16 Å². The van der Waals surface area contributed by atoms with Crippen molar-refractivity contribution < 1.29 is 19.3 Å². The highest BCUT2D eigenvalue weighted by atomic mass is 16.6. The average Bonchev–Trinajstić information content (AvgIpc) is 2.93. The number of aromatic nitrogens is 2. The number of aliphatic hydroxyl groups excluding tert-OH is 1. The number of amides is 1. The van der Waals surface area contributed by atoms with Crippen LogP contribution in [0.3, 0.4) is 0 Å². The Morgan fingerprint density at radius 2 is 2.41 bits per heavy atom. The second kappa shape index (κ2) is 4.80. The summed E-state index contributed by atoms with van der Waals surface area (Å²) in [6.07, 6.45) is 0.583. The van der Waals surface area contributed by atoms with E-state index >= 15 is 0 Å². The molecular weight excluding hydrogens is 226 g/mol. The first-order chi connectivity index (χ1) is 8.17. The van der Waals surface area contributed by atoms with Gasteiger partial charge >= 0.3 is 0 Å². The molecule has 17 heavy (non-hydrogen) atoms. The van der Waals surface area contributed by atoms with Crippen LogP contribution in [0.4, 0.5) is 0 Å². The Hall–Kier alpha value is -1.47. The highest BCUT2D eigenvalue weighted by Crippen LogP contribution is 2.22.